The molecule has 45 heavy (non-hydrogen) atoms. The van der Waals surface area contributed by atoms with Crippen molar-refractivity contribution >= 4 is 17.9 Å². The molecule has 4 rings (SSSR count). The second kappa shape index (κ2) is 19.2. The number of ether oxygens (including phenoxy) is 2. The van der Waals surface area contributed by atoms with E-state index in [-0.39, 0.29) is 28.6 Å². The fourth-order valence-electron chi connectivity index (χ4n) is 3.65. The molecule has 13 heteroatoms. The third kappa shape index (κ3) is 13.4. The van der Waals surface area contributed by atoms with E-state index in [1.807, 2.05) is 62.4 Å². The van der Waals surface area contributed by atoms with Gasteiger partial charge in [-0.05, 0) is 94.3 Å². The van der Waals surface area contributed by atoms with Crippen molar-refractivity contribution in [1.29, 1.82) is 0 Å². The van der Waals surface area contributed by atoms with Gasteiger partial charge in [0, 0.05) is 29.0 Å². The van der Waals surface area contributed by atoms with E-state index in [2.05, 4.69) is 0 Å². The monoisotopic (exact) mass is 660 g/mol. The summed E-state index contributed by atoms with van der Waals surface area (Å²) < 4.78 is 10.6. The first-order valence-electron chi connectivity index (χ1n) is 12.8. The van der Waals surface area contributed by atoms with Crippen molar-refractivity contribution < 1.29 is 66.5 Å². The molecular weight excluding hydrogens is 627 g/mol. The molecule has 0 saturated carbocycles. The predicted molar refractivity (Wildman–Crippen MR) is 156 cm³/mol. The molecule has 0 spiro atoms. The average Bonchev–Trinajstić information content (AvgIpc) is 2.94. The summed E-state index contributed by atoms with van der Waals surface area (Å²) in [6, 6.07) is 18.4. The molecule has 0 aliphatic carbocycles. The molecule has 0 atom stereocenters. The fraction of sp³-hybridized carbons (Fsp3) is 0.219. The number of nitrogens with zero attached hydrogens (tertiary/aromatic N) is 2. The Labute approximate surface area is 271 Å². The summed E-state index contributed by atoms with van der Waals surface area (Å²) >= 11 is 0. The molecule has 0 radical (unpaired) electrons. The number of aromatic hydroxyl groups is 2. The molecule has 2 N–H and O–H groups in total. The number of aromatic nitrogens is 2. The quantitative estimate of drug-likeness (QED) is 0.294. The van der Waals surface area contributed by atoms with Crippen LogP contribution in [0.25, 0.3) is 33.9 Å². The fourth-order valence-corrected chi connectivity index (χ4v) is 3.65. The van der Waals surface area contributed by atoms with Crippen LogP contribution in [0.2, 0.25) is 0 Å². The molecule has 0 amide bonds. The van der Waals surface area contributed by atoms with E-state index in [0.29, 0.717) is 45.4 Å². The first-order chi connectivity index (χ1) is 20.6. The zero-order chi connectivity index (χ0) is 33.6. The molecule has 2 aromatic carbocycles. The molecule has 12 nitrogen and oxygen atoms in total. The van der Waals surface area contributed by atoms with Gasteiger partial charge in [-0.3, -0.25) is 0 Å². The number of rotatable bonds is 5. The maximum atomic E-state index is 10.6. The topological polar surface area (TPSA) is 205 Å². The SMILES string of the molecule is CC(=O)[O-].CC(=O)[O-].CC(=O)[O-].COc1cc(C)cc(-c2cccc(-c3cccc(-c4cc(C)cc(OC)c4O)n3)n2)c1O.[Mn+3]. The predicted octanol–water partition coefficient (Wildman–Crippen LogP) is 1.79. The van der Waals surface area contributed by atoms with E-state index in [9.17, 15) is 10.2 Å². The van der Waals surface area contributed by atoms with Crippen molar-refractivity contribution in [2.45, 2.75) is 34.6 Å². The van der Waals surface area contributed by atoms with Crippen LogP contribution in [-0.4, -0.2) is 52.3 Å². The van der Waals surface area contributed by atoms with Crippen molar-refractivity contribution in [1.82, 2.24) is 9.97 Å². The Hall–Kier alpha value is -5.13. The Morgan fingerprint density at radius 1 is 0.600 bits per heavy atom. The van der Waals surface area contributed by atoms with Gasteiger partial charge in [-0.25, -0.2) is 9.97 Å². The van der Waals surface area contributed by atoms with Crippen LogP contribution in [0.5, 0.6) is 23.0 Å². The van der Waals surface area contributed by atoms with Crippen molar-refractivity contribution in [3.8, 4) is 56.9 Å². The molecule has 2 aromatic heterocycles. The molecule has 0 fully saturated rings. The largest absolute Gasteiger partial charge is 3.00 e. The Bertz CT molecular complexity index is 1470. The number of carboxylic acids is 3. The van der Waals surface area contributed by atoms with E-state index < -0.39 is 17.9 Å². The second-order valence-electron chi connectivity index (χ2n) is 9.02. The van der Waals surface area contributed by atoms with Crippen LogP contribution in [0.1, 0.15) is 31.9 Å². The Morgan fingerprint density at radius 3 is 1.13 bits per heavy atom. The van der Waals surface area contributed by atoms with Crippen LogP contribution in [0.15, 0.2) is 60.7 Å². The Kier molecular flexibility index (Phi) is 17.0. The zero-order valence-corrected chi connectivity index (χ0v) is 26.9. The molecule has 0 saturated heterocycles. The summed E-state index contributed by atoms with van der Waals surface area (Å²) in [5, 5.41) is 47.9. The number of phenols is 2. The second-order valence-corrected chi connectivity index (χ2v) is 9.02. The summed E-state index contributed by atoms with van der Waals surface area (Å²) in [4.78, 5) is 36.1. The van der Waals surface area contributed by atoms with Crippen molar-refractivity contribution in [3.05, 3.63) is 71.8 Å². The third-order valence-electron chi connectivity index (χ3n) is 5.19. The molecule has 4 aromatic rings. The Morgan fingerprint density at radius 2 is 0.867 bits per heavy atom. The van der Waals surface area contributed by atoms with Crippen molar-refractivity contribution in [2.75, 3.05) is 14.2 Å². The van der Waals surface area contributed by atoms with Gasteiger partial charge in [-0.15, -0.1) is 0 Å². The summed E-state index contributed by atoms with van der Waals surface area (Å²) in [7, 11) is 3.04. The van der Waals surface area contributed by atoms with Crippen LogP contribution in [0.3, 0.4) is 0 Å². The molecule has 238 valence electrons. The summed E-state index contributed by atoms with van der Waals surface area (Å²) in [6.45, 7) is 6.78. The zero-order valence-electron chi connectivity index (χ0n) is 25.7. The van der Waals surface area contributed by atoms with E-state index in [4.69, 9.17) is 49.1 Å². The minimum absolute atomic E-state index is 0. The average molecular weight is 661 g/mol. The Balaban J connectivity index is 0.00000128. The van der Waals surface area contributed by atoms with Crippen LogP contribution in [0, 0.1) is 13.8 Å². The van der Waals surface area contributed by atoms with E-state index >= 15 is 0 Å². The number of carbonyl (C=O) groups excluding carboxylic acids is 3. The van der Waals surface area contributed by atoms with Gasteiger partial charge in [0.25, 0.3) is 0 Å². The molecule has 2 heterocycles. The number of benzene rings is 2. The third-order valence-corrected chi connectivity index (χ3v) is 5.19. The standard InChI is InChI=1S/C26H24N2O4.3C2H4O2.Mn/c1-15-11-17(25(29)23(13-15)31-3)19-7-5-9-21(27-19)22-10-6-8-20(28-22)18-12-16(2)14-24(32-4)26(18)30;3*1-2(3)4;/h5-14,29-30H,1-4H3;3*1H3,(H,3,4);/q;;;;+3/p-3. The maximum Gasteiger partial charge on any atom is 3.00 e. The van der Waals surface area contributed by atoms with Crippen LogP contribution in [0.4, 0.5) is 0 Å². The van der Waals surface area contributed by atoms with E-state index in [0.717, 1.165) is 31.9 Å². The number of hydrogen-bond acceptors (Lipinski definition) is 12. The van der Waals surface area contributed by atoms with Gasteiger partial charge in [0.15, 0.2) is 23.0 Å². The van der Waals surface area contributed by atoms with Gasteiger partial charge in [0.2, 0.25) is 0 Å². The summed E-state index contributed by atoms with van der Waals surface area (Å²) in [5.74, 6) is -2.37. The summed E-state index contributed by atoms with van der Waals surface area (Å²) in [5.41, 5.74) is 5.56. The minimum Gasteiger partial charge on any atom is -0.550 e. The molecule has 0 bridgehead atoms. The first-order valence-corrected chi connectivity index (χ1v) is 12.8. The summed E-state index contributed by atoms with van der Waals surface area (Å²) in [6.07, 6.45) is 0. The van der Waals surface area contributed by atoms with Gasteiger partial charge >= 0.3 is 17.1 Å². The molecule has 0 aliphatic heterocycles. The van der Waals surface area contributed by atoms with Gasteiger partial charge < -0.3 is 49.4 Å². The van der Waals surface area contributed by atoms with E-state index in [1.54, 1.807) is 12.1 Å². The van der Waals surface area contributed by atoms with Gasteiger partial charge in [-0.2, -0.15) is 0 Å². The van der Waals surface area contributed by atoms with Gasteiger partial charge in [0.05, 0.1) is 37.0 Å². The van der Waals surface area contributed by atoms with Crippen molar-refractivity contribution in [3.63, 3.8) is 0 Å². The number of aryl methyl sites for hydroxylation is 2. The maximum absolute atomic E-state index is 10.6. The van der Waals surface area contributed by atoms with Crippen LogP contribution >= 0.6 is 0 Å². The number of phenolic OH excluding ortho intramolecular Hbond substituents is 2. The molecule has 0 aliphatic rings. The number of hydrogen-bond donors (Lipinski definition) is 2. The number of carboxylic acid groups (broad SMARTS) is 3. The molecule has 0 unspecified atom stereocenters. The minimum atomic E-state index is -1.08. The van der Waals surface area contributed by atoms with Gasteiger partial charge in [0.1, 0.15) is 0 Å². The smallest absolute Gasteiger partial charge is 0.550 e. The van der Waals surface area contributed by atoms with Crippen molar-refractivity contribution in [2.24, 2.45) is 0 Å². The van der Waals surface area contributed by atoms with Gasteiger partial charge in [-0.1, -0.05) is 12.1 Å². The number of aliphatic carboxylic acids is 3. The number of methoxy groups -OCH3 is 2. The van der Waals surface area contributed by atoms with Crippen LogP contribution in [-0.2, 0) is 31.5 Å². The normalized spacial score (nSPS) is 9.31. The first kappa shape index (κ1) is 39.9. The van der Waals surface area contributed by atoms with Crippen LogP contribution < -0.4 is 24.8 Å². The number of carbonyl (C=O) groups is 3. The van der Waals surface area contributed by atoms with E-state index in [1.165, 1.54) is 14.2 Å². The number of pyridine rings is 2. The molecular formula is C32H33MnN2O10.